The second-order valence-corrected chi connectivity index (χ2v) is 4.05. The zero-order chi connectivity index (χ0) is 10.6. The Morgan fingerprint density at radius 1 is 1.36 bits per heavy atom. The van der Waals surface area contributed by atoms with E-state index in [1.807, 2.05) is 0 Å². The second-order valence-electron chi connectivity index (χ2n) is 3.48. The van der Waals surface area contributed by atoms with Gasteiger partial charge in [0.25, 0.3) is 0 Å². The molecule has 1 N–H and O–H groups in total. The molecule has 14 heavy (non-hydrogen) atoms. The maximum atomic E-state index is 11.3. The first kappa shape index (κ1) is 11.8. The van der Waals surface area contributed by atoms with Gasteiger partial charge in [-0.25, -0.2) is 4.89 Å². The first-order valence-corrected chi connectivity index (χ1v) is 5.58. The molecule has 0 amide bonds. The van der Waals surface area contributed by atoms with Crippen LogP contribution >= 0.6 is 0 Å². The van der Waals surface area contributed by atoms with E-state index < -0.39 is 17.0 Å². The van der Waals surface area contributed by atoms with Crippen molar-refractivity contribution in [3.05, 3.63) is 0 Å². The van der Waals surface area contributed by atoms with E-state index in [1.165, 1.54) is 6.92 Å². The Labute approximate surface area is 85.2 Å². The molecule has 6 heteroatoms. The van der Waals surface area contributed by atoms with Gasteiger partial charge in [-0.3, -0.25) is 9.35 Å². The van der Waals surface area contributed by atoms with Crippen LogP contribution in [0, 0.1) is 0 Å². The van der Waals surface area contributed by atoms with Crippen molar-refractivity contribution in [1.82, 2.24) is 0 Å². The van der Waals surface area contributed by atoms with E-state index in [-0.39, 0.29) is 5.78 Å². The number of ketones is 1. The third kappa shape index (κ3) is 2.84. The Morgan fingerprint density at radius 3 is 2.36 bits per heavy atom. The zero-order valence-corrected chi connectivity index (χ0v) is 8.84. The summed E-state index contributed by atoms with van der Waals surface area (Å²) in [5.74, 6) is -0.150. The van der Waals surface area contributed by atoms with Crippen LogP contribution in [0.25, 0.3) is 0 Å². The van der Waals surface area contributed by atoms with Gasteiger partial charge in [-0.2, -0.15) is 4.21 Å². The third-order valence-electron chi connectivity index (χ3n) is 2.55. The van der Waals surface area contributed by atoms with E-state index in [9.17, 15) is 9.00 Å². The molecule has 1 aliphatic carbocycles. The predicted octanol–water partition coefficient (Wildman–Crippen LogP) is 1.36. The summed E-state index contributed by atoms with van der Waals surface area (Å²) in [5, 5.41) is 0. The Balaban J connectivity index is 2.60. The molecular formula is C8H14O5S. The van der Waals surface area contributed by atoms with Gasteiger partial charge in [0, 0.05) is 0 Å². The van der Waals surface area contributed by atoms with Crippen LogP contribution in [0.15, 0.2) is 0 Å². The summed E-state index contributed by atoms with van der Waals surface area (Å²) >= 11 is -2.48. The smallest absolute Gasteiger partial charge is 0.297 e. The maximum absolute atomic E-state index is 11.3. The van der Waals surface area contributed by atoms with Crippen molar-refractivity contribution >= 4 is 17.1 Å². The molecule has 1 atom stereocenters. The van der Waals surface area contributed by atoms with E-state index in [0.717, 1.165) is 19.3 Å². The Bertz CT molecular complexity index is 234. The lowest BCUT2D eigenvalue weighted by Gasteiger charge is -2.32. The highest BCUT2D eigenvalue weighted by molar-refractivity contribution is 7.74. The van der Waals surface area contributed by atoms with Gasteiger partial charge in [0.05, 0.1) is 0 Å². The van der Waals surface area contributed by atoms with Crippen LogP contribution in [0.5, 0.6) is 0 Å². The summed E-state index contributed by atoms with van der Waals surface area (Å²) in [6.45, 7) is 1.41. The van der Waals surface area contributed by atoms with E-state index in [0.29, 0.717) is 12.8 Å². The molecule has 1 aliphatic rings. The molecule has 5 nitrogen and oxygen atoms in total. The molecule has 0 aliphatic heterocycles. The summed E-state index contributed by atoms with van der Waals surface area (Å²) in [6.07, 6.45) is 3.92. The van der Waals surface area contributed by atoms with Gasteiger partial charge >= 0.3 is 11.4 Å². The van der Waals surface area contributed by atoms with Crippen LogP contribution in [0.2, 0.25) is 0 Å². The van der Waals surface area contributed by atoms with E-state index in [2.05, 4.69) is 4.33 Å². The number of rotatable bonds is 4. The largest absolute Gasteiger partial charge is 0.331 e. The molecule has 0 aromatic rings. The number of hydrogen-bond donors (Lipinski definition) is 1. The predicted molar refractivity (Wildman–Crippen MR) is 49.4 cm³/mol. The van der Waals surface area contributed by atoms with Crippen LogP contribution in [0.4, 0.5) is 0 Å². The summed E-state index contributed by atoms with van der Waals surface area (Å²) < 4.78 is 22.8. The molecule has 1 unspecified atom stereocenters. The molecule has 1 fully saturated rings. The van der Waals surface area contributed by atoms with Gasteiger partial charge in [0.1, 0.15) is 0 Å². The third-order valence-corrected chi connectivity index (χ3v) is 2.74. The Morgan fingerprint density at radius 2 is 1.93 bits per heavy atom. The fraction of sp³-hybridized carbons (Fsp3) is 0.875. The van der Waals surface area contributed by atoms with Crippen LogP contribution in [-0.4, -0.2) is 20.1 Å². The molecule has 0 radical (unpaired) electrons. The van der Waals surface area contributed by atoms with Gasteiger partial charge in [0.15, 0.2) is 11.4 Å². The quantitative estimate of drug-likeness (QED) is 0.441. The summed E-state index contributed by atoms with van der Waals surface area (Å²) in [7, 11) is 0. The molecule has 0 aromatic carbocycles. The number of Topliss-reactive ketones (excluding diaryl/α,β-unsaturated/α-hetero) is 1. The van der Waals surface area contributed by atoms with Crippen molar-refractivity contribution in [2.24, 2.45) is 0 Å². The van der Waals surface area contributed by atoms with E-state index in [4.69, 9.17) is 9.44 Å². The van der Waals surface area contributed by atoms with E-state index in [1.54, 1.807) is 0 Å². The Kier molecular flexibility index (Phi) is 4.18. The van der Waals surface area contributed by atoms with Gasteiger partial charge in [0.2, 0.25) is 0 Å². The summed E-state index contributed by atoms with van der Waals surface area (Å²) in [4.78, 5) is 16.1. The molecule has 0 heterocycles. The number of carbonyl (C=O) groups excluding carboxylic acids is 1. The molecule has 0 bridgehead atoms. The number of carbonyl (C=O) groups is 1. The van der Waals surface area contributed by atoms with Crippen molar-refractivity contribution in [3.63, 3.8) is 0 Å². The van der Waals surface area contributed by atoms with Crippen molar-refractivity contribution in [1.29, 1.82) is 0 Å². The molecule has 1 rings (SSSR count). The average molecular weight is 222 g/mol. The molecule has 0 saturated heterocycles. The summed E-state index contributed by atoms with van der Waals surface area (Å²) in [5.41, 5.74) is -1.00. The van der Waals surface area contributed by atoms with Gasteiger partial charge in [-0.15, -0.1) is 4.33 Å². The van der Waals surface area contributed by atoms with Gasteiger partial charge in [-0.1, -0.05) is 6.42 Å². The molecule has 0 aromatic heterocycles. The van der Waals surface area contributed by atoms with Gasteiger partial charge < -0.3 is 0 Å². The van der Waals surface area contributed by atoms with Crippen LogP contribution < -0.4 is 0 Å². The van der Waals surface area contributed by atoms with Crippen molar-refractivity contribution in [2.75, 3.05) is 0 Å². The van der Waals surface area contributed by atoms with Gasteiger partial charge in [-0.05, 0) is 32.6 Å². The highest BCUT2D eigenvalue weighted by atomic mass is 32.2. The van der Waals surface area contributed by atoms with Crippen molar-refractivity contribution in [3.8, 4) is 0 Å². The molecule has 1 saturated carbocycles. The number of hydrogen-bond acceptors (Lipinski definition) is 4. The lowest BCUT2D eigenvalue weighted by Crippen LogP contribution is -2.42. The lowest BCUT2D eigenvalue weighted by molar-refractivity contribution is -0.285. The fourth-order valence-electron chi connectivity index (χ4n) is 1.71. The minimum atomic E-state index is -2.48. The minimum absolute atomic E-state index is 0.150. The van der Waals surface area contributed by atoms with Crippen LogP contribution in [-0.2, 0) is 25.4 Å². The fourth-order valence-corrected chi connectivity index (χ4v) is 1.90. The lowest BCUT2D eigenvalue weighted by atomic mass is 9.82. The molecule has 0 spiro atoms. The van der Waals surface area contributed by atoms with Crippen LogP contribution in [0.3, 0.4) is 0 Å². The highest BCUT2D eigenvalue weighted by Crippen LogP contribution is 2.32. The first-order chi connectivity index (χ1) is 6.57. The summed E-state index contributed by atoms with van der Waals surface area (Å²) in [6, 6.07) is 0. The molecular weight excluding hydrogens is 208 g/mol. The highest BCUT2D eigenvalue weighted by Gasteiger charge is 2.40. The monoisotopic (exact) mass is 222 g/mol. The maximum Gasteiger partial charge on any atom is 0.331 e. The SMILES string of the molecule is CC(=O)C1(OOS(=O)O)CCCCC1. The minimum Gasteiger partial charge on any atom is -0.297 e. The Hall–Kier alpha value is -0.300. The van der Waals surface area contributed by atoms with E-state index >= 15 is 0 Å². The topological polar surface area (TPSA) is 72.8 Å². The standard InChI is InChI=1S/C8H14O5S/c1-7(9)8(12-13-14(10)11)5-3-2-4-6-8/h2-6H2,1H3,(H,10,11). The van der Waals surface area contributed by atoms with Crippen molar-refractivity contribution < 1.29 is 22.8 Å². The first-order valence-electron chi connectivity index (χ1n) is 4.55. The second kappa shape index (κ2) is 4.97. The van der Waals surface area contributed by atoms with Crippen molar-refractivity contribution in [2.45, 2.75) is 44.6 Å². The molecule has 82 valence electrons. The normalized spacial score (nSPS) is 23.0. The zero-order valence-electron chi connectivity index (χ0n) is 8.02. The van der Waals surface area contributed by atoms with Crippen LogP contribution in [0.1, 0.15) is 39.0 Å². The average Bonchev–Trinajstić information content (AvgIpc) is 2.16.